The van der Waals surface area contributed by atoms with Gasteiger partial charge in [-0.1, -0.05) is 36.4 Å². The molecule has 0 aliphatic carbocycles. The Kier molecular flexibility index (Phi) is 5.92. The molecule has 0 unspecified atom stereocenters. The maximum Gasteiger partial charge on any atom is 0.282 e. The molecule has 6 nitrogen and oxygen atoms in total. The van der Waals surface area contributed by atoms with Crippen LogP contribution >= 0.6 is 0 Å². The van der Waals surface area contributed by atoms with Crippen molar-refractivity contribution in [3.8, 4) is 5.75 Å². The van der Waals surface area contributed by atoms with Crippen molar-refractivity contribution >= 4 is 34.4 Å². The molecule has 4 rings (SSSR count). The molecule has 0 spiro atoms. The molecule has 0 saturated carbocycles. The van der Waals surface area contributed by atoms with Gasteiger partial charge in [0.05, 0.1) is 18.4 Å². The predicted molar refractivity (Wildman–Crippen MR) is 133 cm³/mol. The SMILES string of the molecule is COc1ccccc1C1=C(Nc2cc(C)ccc2C)C(=O)N(c2cccc(N(C)C)c2)C1=O. The van der Waals surface area contributed by atoms with Gasteiger partial charge in [0.2, 0.25) is 0 Å². The fraction of sp³-hybridized carbons (Fsp3) is 0.185. The van der Waals surface area contributed by atoms with Crippen LogP contribution in [0.2, 0.25) is 0 Å². The van der Waals surface area contributed by atoms with Crippen molar-refractivity contribution in [3.05, 3.63) is 89.1 Å². The second-order valence-corrected chi connectivity index (χ2v) is 8.25. The van der Waals surface area contributed by atoms with E-state index in [0.717, 1.165) is 22.5 Å². The monoisotopic (exact) mass is 441 g/mol. The molecule has 1 aliphatic heterocycles. The highest BCUT2D eigenvalue weighted by Crippen LogP contribution is 2.38. The van der Waals surface area contributed by atoms with Crippen LogP contribution in [0.4, 0.5) is 17.1 Å². The lowest BCUT2D eigenvalue weighted by Crippen LogP contribution is -2.32. The number of imide groups is 1. The van der Waals surface area contributed by atoms with E-state index in [1.54, 1.807) is 25.3 Å². The molecule has 2 amide bonds. The molecule has 1 N–H and O–H groups in total. The third-order valence-electron chi connectivity index (χ3n) is 5.72. The van der Waals surface area contributed by atoms with Crippen LogP contribution in [0.5, 0.6) is 5.75 Å². The zero-order chi connectivity index (χ0) is 23.7. The minimum atomic E-state index is -0.405. The molecule has 168 valence electrons. The maximum absolute atomic E-state index is 13.8. The summed E-state index contributed by atoms with van der Waals surface area (Å²) in [6, 6.07) is 20.6. The fourth-order valence-electron chi connectivity index (χ4n) is 3.90. The molecule has 0 saturated heterocycles. The van der Waals surface area contributed by atoms with Gasteiger partial charge in [-0.05, 0) is 55.3 Å². The average molecular weight is 442 g/mol. The number of hydrogen-bond acceptors (Lipinski definition) is 5. The third-order valence-corrected chi connectivity index (χ3v) is 5.72. The van der Waals surface area contributed by atoms with Crippen molar-refractivity contribution in [3.63, 3.8) is 0 Å². The molecule has 6 heteroatoms. The Morgan fingerprint density at radius 3 is 2.36 bits per heavy atom. The third kappa shape index (κ3) is 4.07. The first-order valence-corrected chi connectivity index (χ1v) is 10.7. The maximum atomic E-state index is 13.8. The molecule has 0 aromatic heterocycles. The first kappa shape index (κ1) is 22.1. The summed E-state index contributed by atoms with van der Waals surface area (Å²) in [6.07, 6.45) is 0. The largest absolute Gasteiger partial charge is 0.496 e. The van der Waals surface area contributed by atoms with Crippen LogP contribution in [0.1, 0.15) is 16.7 Å². The molecule has 33 heavy (non-hydrogen) atoms. The predicted octanol–water partition coefficient (Wildman–Crippen LogP) is 4.77. The number of para-hydroxylation sites is 1. The summed E-state index contributed by atoms with van der Waals surface area (Å²) in [5, 5.41) is 3.27. The summed E-state index contributed by atoms with van der Waals surface area (Å²) in [5.41, 5.74) is 5.29. The quantitative estimate of drug-likeness (QED) is 0.558. The molecule has 0 radical (unpaired) electrons. The van der Waals surface area contributed by atoms with Crippen LogP contribution < -0.4 is 19.9 Å². The van der Waals surface area contributed by atoms with Gasteiger partial charge in [0.15, 0.2) is 0 Å². The number of rotatable bonds is 6. The van der Waals surface area contributed by atoms with E-state index in [1.165, 1.54) is 4.90 Å². The number of benzene rings is 3. The average Bonchev–Trinajstić information content (AvgIpc) is 3.05. The number of carbonyl (C=O) groups excluding carboxylic acids is 2. The number of amides is 2. The van der Waals surface area contributed by atoms with Crippen LogP contribution in [0.15, 0.2) is 72.4 Å². The minimum Gasteiger partial charge on any atom is -0.496 e. The summed E-state index contributed by atoms with van der Waals surface area (Å²) in [6.45, 7) is 3.95. The lowest BCUT2D eigenvalue weighted by Gasteiger charge is -2.19. The van der Waals surface area contributed by atoms with Gasteiger partial charge in [-0.3, -0.25) is 9.59 Å². The van der Waals surface area contributed by atoms with Gasteiger partial charge in [0.1, 0.15) is 11.4 Å². The molecule has 1 heterocycles. The van der Waals surface area contributed by atoms with Crippen LogP contribution in [-0.2, 0) is 9.59 Å². The number of carbonyl (C=O) groups is 2. The van der Waals surface area contributed by atoms with Crippen molar-refractivity contribution in [2.45, 2.75) is 13.8 Å². The second kappa shape index (κ2) is 8.82. The van der Waals surface area contributed by atoms with Crippen LogP contribution in [-0.4, -0.2) is 33.0 Å². The number of hydrogen-bond donors (Lipinski definition) is 1. The fourth-order valence-corrected chi connectivity index (χ4v) is 3.90. The highest BCUT2D eigenvalue weighted by Gasteiger charge is 2.41. The van der Waals surface area contributed by atoms with Crippen molar-refractivity contribution in [2.24, 2.45) is 0 Å². The molecular weight excluding hydrogens is 414 g/mol. The van der Waals surface area contributed by atoms with E-state index in [0.29, 0.717) is 17.0 Å². The Bertz CT molecular complexity index is 1280. The van der Waals surface area contributed by atoms with Crippen LogP contribution in [0, 0.1) is 13.8 Å². The summed E-state index contributed by atoms with van der Waals surface area (Å²) in [4.78, 5) is 30.6. The molecule has 3 aromatic rings. The number of methoxy groups -OCH3 is 1. The molecule has 0 bridgehead atoms. The van der Waals surface area contributed by atoms with Crippen LogP contribution in [0.3, 0.4) is 0 Å². The molecule has 1 aliphatic rings. The number of aryl methyl sites for hydroxylation is 2. The Hall–Kier alpha value is -4.06. The lowest BCUT2D eigenvalue weighted by atomic mass is 10.0. The number of nitrogens with one attached hydrogen (secondary N) is 1. The summed E-state index contributed by atoms with van der Waals surface area (Å²) in [7, 11) is 5.38. The van der Waals surface area contributed by atoms with E-state index in [4.69, 9.17) is 4.74 Å². The second-order valence-electron chi connectivity index (χ2n) is 8.25. The van der Waals surface area contributed by atoms with Gasteiger partial charge in [0, 0.05) is 31.0 Å². The standard InChI is InChI=1S/C27H27N3O3/c1-17-13-14-18(2)22(15-17)28-25-24(21-11-6-7-12-23(21)33-5)26(31)30(27(25)32)20-10-8-9-19(16-20)29(3)4/h6-16,28H,1-5H3. The molecule has 0 fully saturated rings. The topological polar surface area (TPSA) is 61.9 Å². The Morgan fingerprint density at radius 1 is 0.879 bits per heavy atom. The van der Waals surface area contributed by atoms with Crippen molar-refractivity contribution in [1.82, 2.24) is 0 Å². The van der Waals surface area contributed by atoms with Gasteiger partial charge in [-0.2, -0.15) is 0 Å². The van der Waals surface area contributed by atoms with E-state index in [2.05, 4.69) is 5.32 Å². The molecule has 0 atom stereocenters. The summed E-state index contributed by atoms with van der Waals surface area (Å²) < 4.78 is 5.52. The Balaban J connectivity index is 1.88. The van der Waals surface area contributed by atoms with E-state index in [9.17, 15) is 9.59 Å². The summed E-state index contributed by atoms with van der Waals surface area (Å²) in [5.74, 6) is -0.274. The molecule has 3 aromatic carbocycles. The van der Waals surface area contributed by atoms with Gasteiger partial charge < -0.3 is 15.0 Å². The first-order chi connectivity index (χ1) is 15.8. The number of ether oxygens (including phenoxy) is 1. The highest BCUT2D eigenvalue weighted by atomic mass is 16.5. The van der Waals surface area contributed by atoms with Gasteiger partial charge in [-0.25, -0.2) is 4.90 Å². The Morgan fingerprint density at radius 2 is 1.64 bits per heavy atom. The van der Waals surface area contributed by atoms with Crippen molar-refractivity contribution in [2.75, 3.05) is 36.3 Å². The van der Waals surface area contributed by atoms with Crippen molar-refractivity contribution < 1.29 is 14.3 Å². The number of anilines is 3. The van der Waals surface area contributed by atoms with Gasteiger partial charge in [-0.15, -0.1) is 0 Å². The normalized spacial score (nSPS) is 13.5. The highest BCUT2D eigenvalue weighted by molar-refractivity contribution is 6.46. The number of nitrogens with zero attached hydrogens (tertiary/aromatic N) is 2. The van der Waals surface area contributed by atoms with Gasteiger partial charge in [0.25, 0.3) is 11.8 Å². The van der Waals surface area contributed by atoms with Gasteiger partial charge >= 0.3 is 0 Å². The van der Waals surface area contributed by atoms with Crippen LogP contribution in [0.25, 0.3) is 5.57 Å². The van der Waals surface area contributed by atoms with E-state index < -0.39 is 11.8 Å². The zero-order valence-electron chi connectivity index (χ0n) is 19.5. The molecular formula is C27H27N3O3. The van der Waals surface area contributed by atoms with E-state index >= 15 is 0 Å². The zero-order valence-corrected chi connectivity index (χ0v) is 19.5. The Labute approximate surface area is 194 Å². The summed E-state index contributed by atoms with van der Waals surface area (Å²) >= 11 is 0. The van der Waals surface area contributed by atoms with Crippen molar-refractivity contribution in [1.29, 1.82) is 0 Å². The van der Waals surface area contributed by atoms with E-state index in [1.807, 2.05) is 81.4 Å². The minimum absolute atomic E-state index is 0.230. The first-order valence-electron chi connectivity index (χ1n) is 10.7. The lowest BCUT2D eigenvalue weighted by molar-refractivity contribution is -0.120. The smallest absolute Gasteiger partial charge is 0.282 e. The van der Waals surface area contributed by atoms with E-state index in [-0.39, 0.29) is 11.3 Å².